The van der Waals surface area contributed by atoms with Crippen LogP contribution in [0.5, 0.6) is 17.2 Å². The topological polar surface area (TPSA) is 39.7 Å². The molecule has 0 saturated carbocycles. The standard InChI is InChI=1S/C25H29NO3/c1-2-3-17-27-23-15-13-21(14-16-23)20-26-24-11-7-8-12-25(24)29-19-18-28-22-9-5-4-6-10-22/h4-16,26H,2-3,17-20H2,1H3. The van der Waals surface area contributed by atoms with Gasteiger partial charge in [-0.25, -0.2) is 0 Å². The number of rotatable bonds is 12. The number of anilines is 1. The van der Waals surface area contributed by atoms with E-state index in [9.17, 15) is 0 Å². The van der Waals surface area contributed by atoms with Gasteiger partial charge in [-0.1, -0.05) is 55.8 Å². The third kappa shape index (κ3) is 7.07. The molecule has 0 atom stereocenters. The third-order valence-corrected chi connectivity index (χ3v) is 4.41. The Morgan fingerprint density at radius 2 is 1.31 bits per heavy atom. The highest BCUT2D eigenvalue weighted by molar-refractivity contribution is 5.56. The Morgan fingerprint density at radius 3 is 2.10 bits per heavy atom. The average molecular weight is 392 g/mol. The molecule has 0 aliphatic heterocycles. The molecule has 4 nitrogen and oxygen atoms in total. The molecule has 0 unspecified atom stereocenters. The van der Waals surface area contributed by atoms with Crippen molar-refractivity contribution in [3.05, 3.63) is 84.4 Å². The van der Waals surface area contributed by atoms with E-state index < -0.39 is 0 Å². The number of hydrogen-bond donors (Lipinski definition) is 1. The summed E-state index contributed by atoms with van der Waals surface area (Å²) in [5, 5.41) is 3.45. The fourth-order valence-electron chi connectivity index (χ4n) is 2.80. The second kappa shape index (κ2) is 11.6. The second-order valence-electron chi connectivity index (χ2n) is 6.71. The molecule has 0 spiro atoms. The molecule has 0 aliphatic carbocycles. The van der Waals surface area contributed by atoms with Crippen LogP contribution >= 0.6 is 0 Å². The second-order valence-corrected chi connectivity index (χ2v) is 6.71. The van der Waals surface area contributed by atoms with Crippen molar-refractivity contribution >= 4 is 5.69 Å². The largest absolute Gasteiger partial charge is 0.494 e. The maximum absolute atomic E-state index is 5.91. The zero-order chi connectivity index (χ0) is 20.2. The highest BCUT2D eigenvalue weighted by Gasteiger charge is 2.04. The van der Waals surface area contributed by atoms with Crippen LogP contribution < -0.4 is 19.5 Å². The smallest absolute Gasteiger partial charge is 0.142 e. The van der Waals surface area contributed by atoms with E-state index in [0.717, 1.165) is 48.9 Å². The first-order valence-corrected chi connectivity index (χ1v) is 10.2. The number of unbranched alkanes of at least 4 members (excludes halogenated alkanes) is 1. The molecular weight excluding hydrogens is 362 g/mol. The van der Waals surface area contributed by atoms with Crippen LogP contribution in [0.2, 0.25) is 0 Å². The van der Waals surface area contributed by atoms with Crippen LogP contribution in [0.4, 0.5) is 5.69 Å². The van der Waals surface area contributed by atoms with Crippen LogP contribution in [0.3, 0.4) is 0 Å². The van der Waals surface area contributed by atoms with E-state index in [0.29, 0.717) is 13.2 Å². The van der Waals surface area contributed by atoms with Gasteiger partial charge in [-0.15, -0.1) is 0 Å². The lowest BCUT2D eigenvalue weighted by atomic mass is 10.2. The molecule has 0 bridgehead atoms. The summed E-state index contributed by atoms with van der Waals surface area (Å²) < 4.78 is 17.3. The van der Waals surface area contributed by atoms with Crippen molar-refractivity contribution in [3.63, 3.8) is 0 Å². The highest BCUT2D eigenvalue weighted by Crippen LogP contribution is 2.24. The van der Waals surface area contributed by atoms with E-state index in [-0.39, 0.29) is 0 Å². The van der Waals surface area contributed by atoms with Crippen molar-refractivity contribution < 1.29 is 14.2 Å². The van der Waals surface area contributed by atoms with Gasteiger partial charge in [-0.05, 0) is 48.4 Å². The molecule has 0 fully saturated rings. The zero-order valence-corrected chi connectivity index (χ0v) is 17.0. The Labute approximate surface area is 173 Å². The lowest BCUT2D eigenvalue weighted by Gasteiger charge is -2.14. The molecule has 0 heterocycles. The number of ether oxygens (including phenoxy) is 3. The van der Waals surface area contributed by atoms with Crippen molar-refractivity contribution in [3.8, 4) is 17.2 Å². The predicted octanol–water partition coefficient (Wildman–Crippen LogP) is 5.94. The van der Waals surface area contributed by atoms with Gasteiger partial charge in [0.15, 0.2) is 0 Å². The summed E-state index contributed by atoms with van der Waals surface area (Å²) in [5.41, 5.74) is 2.16. The van der Waals surface area contributed by atoms with Gasteiger partial charge in [0, 0.05) is 6.54 Å². The molecule has 4 heteroatoms. The molecule has 1 N–H and O–H groups in total. The van der Waals surface area contributed by atoms with Crippen LogP contribution in [0.1, 0.15) is 25.3 Å². The van der Waals surface area contributed by atoms with Crippen LogP contribution in [0.25, 0.3) is 0 Å². The van der Waals surface area contributed by atoms with Crippen LogP contribution in [-0.4, -0.2) is 19.8 Å². The van der Waals surface area contributed by atoms with Gasteiger partial charge in [0.2, 0.25) is 0 Å². The van der Waals surface area contributed by atoms with Gasteiger partial charge in [0.25, 0.3) is 0 Å². The molecule has 3 aromatic rings. The monoisotopic (exact) mass is 391 g/mol. The van der Waals surface area contributed by atoms with Gasteiger partial charge in [0.05, 0.1) is 12.3 Å². The Morgan fingerprint density at radius 1 is 0.655 bits per heavy atom. The molecule has 29 heavy (non-hydrogen) atoms. The van der Waals surface area contributed by atoms with Crippen LogP contribution in [0, 0.1) is 0 Å². The first kappa shape index (κ1) is 20.6. The van der Waals surface area contributed by atoms with Gasteiger partial charge in [0.1, 0.15) is 30.5 Å². The highest BCUT2D eigenvalue weighted by atomic mass is 16.5. The van der Waals surface area contributed by atoms with E-state index in [1.54, 1.807) is 0 Å². The normalized spacial score (nSPS) is 10.4. The molecule has 3 rings (SSSR count). The molecule has 0 amide bonds. The van der Waals surface area contributed by atoms with Crippen molar-refractivity contribution in [2.45, 2.75) is 26.3 Å². The van der Waals surface area contributed by atoms with Crippen LogP contribution in [-0.2, 0) is 6.54 Å². The fraction of sp³-hybridized carbons (Fsp3) is 0.280. The SMILES string of the molecule is CCCCOc1ccc(CNc2ccccc2OCCOc2ccccc2)cc1. The minimum atomic E-state index is 0.484. The Hall–Kier alpha value is -3.14. The molecule has 3 aromatic carbocycles. The number of para-hydroxylation sites is 3. The van der Waals surface area contributed by atoms with Crippen molar-refractivity contribution in [1.82, 2.24) is 0 Å². The lowest BCUT2D eigenvalue weighted by molar-refractivity contribution is 0.218. The Kier molecular flexibility index (Phi) is 8.27. The summed E-state index contributed by atoms with van der Waals surface area (Å²) in [6, 6.07) is 26.0. The number of nitrogens with one attached hydrogen (secondary N) is 1. The Balaban J connectivity index is 1.46. The summed E-state index contributed by atoms with van der Waals surface area (Å²) in [7, 11) is 0. The predicted molar refractivity (Wildman–Crippen MR) is 118 cm³/mol. The van der Waals surface area contributed by atoms with Crippen molar-refractivity contribution in [2.24, 2.45) is 0 Å². The summed E-state index contributed by atoms with van der Waals surface area (Å²) in [6.45, 7) is 4.63. The van der Waals surface area contributed by atoms with E-state index in [1.165, 1.54) is 5.56 Å². The van der Waals surface area contributed by atoms with Gasteiger partial charge >= 0.3 is 0 Å². The molecule has 0 saturated heterocycles. The molecule has 0 aromatic heterocycles. The van der Waals surface area contributed by atoms with Crippen molar-refractivity contribution in [1.29, 1.82) is 0 Å². The molecule has 0 aliphatic rings. The zero-order valence-electron chi connectivity index (χ0n) is 17.0. The first-order valence-electron chi connectivity index (χ1n) is 10.2. The third-order valence-electron chi connectivity index (χ3n) is 4.41. The van der Waals surface area contributed by atoms with Gasteiger partial charge in [-0.3, -0.25) is 0 Å². The van der Waals surface area contributed by atoms with E-state index >= 15 is 0 Å². The van der Waals surface area contributed by atoms with Gasteiger partial charge in [-0.2, -0.15) is 0 Å². The Bertz CT molecular complexity index is 834. The quantitative estimate of drug-likeness (QED) is 0.388. The summed E-state index contributed by atoms with van der Waals surface area (Å²) in [4.78, 5) is 0. The minimum absolute atomic E-state index is 0.484. The lowest BCUT2D eigenvalue weighted by Crippen LogP contribution is -2.10. The van der Waals surface area contributed by atoms with E-state index in [2.05, 4.69) is 24.4 Å². The molecule has 0 radical (unpaired) electrons. The number of hydrogen-bond acceptors (Lipinski definition) is 4. The minimum Gasteiger partial charge on any atom is -0.494 e. The average Bonchev–Trinajstić information content (AvgIpc) is 2.78. The van der Waals surface area contributed by atoms with E-state index in [1.807, 2.05) is 66.7 Å². The van der Waals surface area contributed by atoms with Crippen LogP contribution in [0.15, 0.2) is 78.9 Å². The maximum Gasteiger partial charge on any atom is 0.142 e. The van der Waals surface area contributed by atoms with Crippen molar-refractivity contribution in [2.75, 3.05) is 25.1 Å². The summed E-state index contributed by atoms with van der Waals surface area (Å²) in [5.74, 6) is 2.60. The maximum atomic E-state index is 5.91. The molecular formula is C25H29NO3. The van der Waals surface area contributed by atoms with Gasteiger partial charge < -0.3 is 19.5 Å². The fourth-order valence-corrected chi connectivity index (χ4v) is 2.80. The molecule has 152 valence electrons. The van der Waals surface area contributed by atoms with E-state index in [4.69, 9.17) is 14.2 Å². The number of benzene rings is 3. The summed E-state index contributed by atoms with van der Waals surface area (Å²) in [6.07, 6.45) is 2.22. The first-order chi connectivity index (χ1) is 14.3. The summed E-state index contributed by atoms with van der Waals surface area (Å²) >= 11 is 0.